The molecule has 7 heteroatoms. The molecule has 1 rings (SSSR count). The fourth-order valence-electron chi connectivity index (χ4n) is 1.57. The maximum atomic E-state index is 12.0. The molecule has 0 radical (unpaired) electrons. The molecule has 1 N–H and O–H groups in total. The Bertz CT molecular complexity index is 472. The van der Waals surface area contributed by atoms with Crippen molar-refractivity contribution in [2.75, 3.05) is 11.9 Å². The van der Waals surface area contributed by atoms with Gasteiger partial charge in [-0.2, -0.15) is 0 Å². The molecule has 0 bridgehead atoms. The number of amides is 1. The third-order valence-electron chi connectivity index (χ3n) is 2.85. The highest BCUT2D eigenvalue weighted by atomic mass is 79.9. The van der Waals surface area contributed by atoms with Crippen molar-refractivity contribution in [2.45, 2.75) is 26.6 Å². The normalized spacial score (nSPS) is 12.1. The second-order valence-electron chi connectivity index (χ2n) is 5.36. The Morgan fingerprint density at radius 2 is 1.81 bits per heavy atom. The molecule has 3 nitrogen and oxygen atoms in total. The highest BCUT2D eigenvalue weighted by molar-refractivity contribution is 9.09. The van der Waals surface area contributed by atoms with E-state index in [1.165, 1.54) is 12.1 Å². The van der Waals surface area contributed by atoms with Crippen LogP contribution in [-0.4, -0.2) is 24.1 Å². The third kappa shape index (κ3) is 6.84. The van der Waals surface area contributed by atoms with Gasteiger partial charge in [-0.05, 0) is 36.1 Å². The van der Waals surface area contributed by atoms with Gasteiger partial charge in [-0.3, -0.25) is 4.79 Å². The van der Waals surface area contributed by atoms with Crippen LogP contribution in [0.1, 0.15) is 30.6 Å². The number of rotatable bonds is 6. The topological polar surface area (TPSA) is 38.3 Å². The quantitative estimate of drug-likeness (QED) is 0.767. The molecule has 1 aromatic rings. The number of carbonyl (C=O) groups is 1. The zero-order valence-electron chi connectivity index (χ0n) is 11.8. The van der Waals surface area contributed by atoms with E-state index in [1.807, 2.05) is 13.8 Å². The van der Waals surface area contributed by atoms with Crippen LogP contribution in [0.5, 0.6) is 5.75 Å². The summed E-state index contributed by atoms with van der Waals surface area (Å²) in [4.78, 5) is 11.9. The van der Waals surface area contributed by atoms with Gasteiger partial charge in [-0.1, -0.05) is 29.8 Å². The average molecular weight is 368 g/mol. The molecule has 21 heavy (non-hydrogen) atoms. The van der Waals surface area contributed by atoms with E-state index in [9.17, 15) is 18.0 Å². The van der Waals surface area contributed by atoms with Crippen molar-refractivity contribution < 1.29 is 22.7 Å². The van der Waals surface area contributed by atoms with E-state index in [-0.39, 0.29) is 17.1 Å². The number of benzene rings is 1. The predicted molar refractivity (Wildman–Crippen MR) is 77.7 cm³/mol. The van der Waals surface area contributed by atoms with Crippen molar-refractivity contribution in [1.29, 1.82) is 0 Å². The summed E-state index contributed by atoms with van der Waals surface area (Å²) in [6.07, 6.45) is -3.84. The van der Waals surface area contributed by atoms with E-state index in [1.54, 1.807) is 0 Å². The fourth-order valence-corrected chi connectivity index (χ4v) is 2.65. The number of hydrogen-bond acceptors (Lipinski definition) is 2. The lowest BCUT2D eigenvalue weighted by Crippen LogP contribution is -2.34. The van der Waals surface area contributed by atoms with Gasteiger partial charge in [0.25, 0.3) is 5.91 Å². The number of nitrogens with one attached hydrogen (secondary N) is 1. The highest BCUT2D eigenvalue weighted by Gasteiger charge is 2.31. The summed E-state index contributed by atoms with van der Waals surface area (Å²) in [5.41, 5.74) is 0.234. The maximum absolute atomic E-state index is 12.0. The van der Waals surface area contributed by atoms with Gasteiger partial charge in [0.1, 0.15) is 5.75 Å². The average Bonchev–Trinajstić information content (AvgIpc) is 2.35. The number of carbonyl (C=O) groups excluding carboxylic acids is 1. The SMILES string of the molecule is CC(C)(CCBr)CNC(=O)c1ccc(OC(F)(F)F)cc1. The summed E-state index contributed by atoms with van der Waals surface area (Å²) >= 11 is 3.35. The minimum absolute atomic E-state index is 0.0570. The standard InChI is InChI=1S/C14H17BrF3NO2/c1-13(2,7-8-15)9-19-12(20)10-3-5-11(6-4-10)21-14(16,17)18/h3-6H,7-9H2,1-2H3,(H,19,20). The summed E-state index contributed by atoms with van der Waals surface area (Å²) in [6.45, 7) is 4.53. The molecule has 0 spiro atoms. The summed E-state index contributed by atoms with van der Waals surface area (Å²) in [7, 11) is 0. The summed E-state index contributed by atoms with van der Waals surface area (Å²) in [5.74, 6) is -0.671. The summed E-state index contributed by atoms with van der Waals surface area (Å²) in [6, 6.07) is 4.83. The largest absolute Gasteiger partial charge is 0.573 e. The van der Waals surface area contributed by atoms with E-state index in [2.05, 4.69) is 26.0 Å². The second-order valence-corrected chi connectivity index (χ2v) is 6.15. The van der Waals surface area contributed by atoms with Gasteiger partial charge in [0.05, 0.1) is 0 Å². The zero-order valence-corrected chi connectivity index (χ0v) is 13.3. The minimum Gasteiger partial charge on any atom is -0.406 e. The fraction of sp³-hybridized carbons (Fsp3) is 0.500. The maximum Gasteiger partial charge on any atom is 0.573 e. The molecule has 0 aliphatic carbocycles. The van der Waals surface area contributed by atoms with Crippen LogP contribution in [-0.2, 0) is 0 Å². The third-order valence-corrected chi connectivity index (χ3v) is 3.25. The van der Waals surface area contributed by atoms with Gasteiger partial charge in [-0.15, -0.1) is 13.2 Å². The van der Waals surface area contributed by atoms with Crippen molar-refractivity contribution in [3.05, 3.63) is 29.8 Å². The summed E-state index contributed by atoms with van der Waals surface area (Å²) < 4.78 is 39.8. The monoisotopic (exact) mass is 367 g/mol. The molecule has 0 unspecified atom stereocenters. The van der Waals surface area contributed by atoms with Gasteiger partial charge < -0.3 is 10.1 Å². The molecule has 0 fully saturated rings. The lowest BCUT2D eigenvalue weighted by atomic mass is 9.90. The molecule has 1 aromatic carbocycles. The second kappa shape index (κ2) is 7.15. The molecular formula is C14H17BrF3NO2. The van der Waals surface area contributed by atoms with E-state index >= 15 is 0 Å². The lowest BCUT2D eigenvalue weighted by molar-refractivity contribution is -0.274. The molecule has 0 aromatic heterocycles. The van der Waals surface area contributed by atoms with Gasteiger partial charge in [0.2, 0.25) is 0 Å². The molecule has 1 amide bonds. The van der Waals surface area contributed by atoms with Crippen LogP contribution in [0, 0.1) is 5.41 Å². The molecule has 0 heterocycles. The molecular weight excluding hydrogens is 351 g/mol. The predicted octanol–water partition coefficient (Wildman–Crippen LogP) is 4.13. The van der Waals surface area contributed by atoms with Crippen LogP contribution >= 0.6 is 15.9 Å². The van der Waals surface area contributed by atoms with Gasteiger partial charge in [-0.25, -0.2) is 0 Å². The van der Waals surface area contributed by atoms with Gasteiger partial charge in [0, 0.05) is 17.4 Å². The van der Waals surface area contributed by atoms with Crippen molar-refractivity contribution in [3.8, 4) is 5.75 Å². The molecule has 0 saturated carbocycles. The van der Waals surface area contributed by atoms with Crippen molar-refractivity contribution >= 4 is 21.8 Å². The van der Waals surface area contributed by atoms with E-state index in [4.69, 9.17) is 0 Å². The number of halogens is 4. The molecule has 0 aliphatic heterocycles. The smallest absolute Gasteiger partial charge is 0.406 e. The number of hydrogen-bond donors (Lipinski definition) is 1. The Labute approximate surface area is 130 Å². The van der Waals surface area contributed by atoms with Gasteiger partial charge >= 0.3 is 6.36 Å². The first-order chi connectivity index (χ1) is 9.63. The van der Waals surface area contributed by atoms with Crippen LogP contribution in [0.15, 0.2) is 24.3 Å². The molecule has 0 saturated heterocycles. The number of alkyl halides is 4. The van der Waals surface area contributed by atoms with E-state index < -0.39 is 6.36 Å². The van der Waals surface area contributed by atoms with Gasteiger partial charge in [0.15, 0.2) is 0 Å². The first-order valence-corrected chi connectivity index (χ1v) is 7.45. The van der Waals surface area contributed by atoms with Crippen molar-refractivity contribution in [2.24, 2.45) is 5.41 Å². The molecule has 118 valence electrons. The van der Waals surface area contributed by atoms with Crippen LogP contribution in [0.4, 0.5) is 13.2 Å². The Kier molecular flexibility index (Phi) is 6.07. The van der Waals surface area contributed by atoms with Crippen LogP contribution in [0.3, 0.4) is 0 Å². The Balaban J connectivity index is 2.59. The minimum atomic E-state index is -4.73. The first kappa shape index (κ1) is 17.8. The Morgan fingerprint density at radius 3 is 2.29 bits per heavy atom. The van der Waals surface area contributed by atoms with Crippen LogP contribution < -0.4 is 10.1 Å². The lowest BCUT2D eigenvalue weighted by Gasteiger charge is -2.23. The van der Waals surface area contributed by atoms with Crippen LogP contribution in [0.25, 0.3) is 0 Å². The van der Waals surface area contributed by atoms with Crippen LogP contribution in [0.2, 0.25) is 0 Å². The number of ether oxygens (including phenoxy) is 1. The summed E-state index contributed by atoms with van der Waals surface area (Å²) in [5, 5.41) is 3.60. The van der Waals surface area contributed by atoms with E-state index in [0.29, 0.717) is 12.1 Å². The Morgan fingerprint density at radius 1 is 1.24 bits per heavy atom. The van der Waals surface area contributed by atoms with Crippen molar-refractivity contribution in [3.63, 3.8) is 0 Å². The highest BCUT2D eigenvalue weighted by Crippen LogP contribution is 2.23. The zero-order chi connectivity index (χ0) is 16.1. The van der Waals surface area contributed by atoms with Crippen molar-refractivity contribution in [1.82, 2.24) is 5.32 Å². The van der Waals surface area contributed by atoms with E-state index in [0.717, 1.165) is 23.9 Å². The molecule has 0 atom stereocenters. The first-order valence-electron chi connectivity index (χ1n) is 6.33. The Hall–Kier alpha value is -1.24. The molecule has 0 aliphatic rings.